The second kappa shape index (κ2) is 10.4. The minimum Gasteiger partial charge on any atom is -0.465 e. The molecule has 9 nitrogen and oxygen atoms in total. The molecule has 1 saturated carbocycles. The summed E-state index contributed by atoms with van der Waals surface area (Å²) in [5.41, 5.74) is 5.47. The topological polar surface area (TPSA) is 129 Å². The van der Waals surface area contributed by atoms with Crippen LogP contribution in [0.2, 0.25) is 0 Å². The first-order chi connectivity index (χ1) is 16.3. The summed E-state index contributed by atoms with van der Waals surface area (Å²) in [6, 6.07) is 5.37. The fourth-order valence-electron chi connectivity index (χ4n) is 4.18. The Morgan fingerprint density at radius 2 is 1.89 bits per heavy atom. The summed E-state index contributed by atoms with van der Waals surface area (Å²) in [6.45, 7) is 9.12. The van der Waals surface area contributed by atoms with Gasteiger partial charge in [0, 0.05) is 11.9 Å². The van der Waals surface area contributed by atoms with E-state index >= 15 is 0 Å². The highest BCUT2D eigenvalue weighted by Crippen LogP contribution is 2.34. The normalized spacial score (nSPS) is 18.7. The van der Waals surface area contributed by atoms with E-state index in [0.29, 0.717) is 34.0 Å². The Morgan fingerprint density at radius 3 is 2.49 bits per heavy atom. The zero-order valence-corrected chi connectivity index (χ0v) is 21.6. The molecule has 0 spiro atoms. The van der Waals surface area contributed by atoms with Gasteiger partial charge in [0.1, 0.15) is 5.56 Å². The average Bonchev–Trinajstić information content (AvgIpc) is 3.21. The third kappa shape index (κ3) is 6.05. The molecule has 2 atom stereocenters. The van der Waals surface area contributed by atoms with Crippen molar-refractivity contribution in [3.8, 4) is 0 Å². The maximum absolute atomic E-state index is 12.5. The molecule has 1 fully saturated rings. The van der Waals surface area contributed by atoms with E-state index in [-0.39, 0.29) is 13.5 Å². The lowest BCUT2D eigenvalue weighted by Gasteiger charge is -2.37. The van der Waals surface area contributed by atoms with Crippen LogP contribution in [0.25, 0.3) is 0 Å². The van der Waals surface area contributed by atoms with Crippen LogP contribution in [-0.4, -0.2) is 52.6 Å². The Morgan fingerprint density at radius 1 is 1.20 bits per heavy atom. The van der Waals surface area contributed by atoms with Crippen LogP contribution in [-0.2, 0) is 9.39 Å². The molecule has 3 rings (SSSR count). The largest absolute Gasteiger partial charge is 0.465 e. The molecule has 1 amide bonds. The second-order valence-corrected chi connectivity index (χ2v) is 10.4. The lowest BCUT2D eigenvalue weighted by molar-refractivity contribution is -0.0893. The molecule has 1 aromatic carbocycles. The van der Waals surface area contributed by atoms with Crippen LogP contribution < -0.4 is 16.5 Å². The maximum atomic E-state index is 12.5. The lowest BCUT2D eigenvalue weighted by Crippen LogP contribution is -2.49. The number of anilines is 2. The average molecular weight is 484 g/mol. The van der Waals surface area contributed by atoms with Crippen molar-refractivity contribution >= 4 is 36.3 Å². The number of hydrogen-bond acceptors (Lipinski definition) is 7. The SMILES string of the molecule is COC(=O)c1cc(Nc2nn(C3CCCC[C@@H]3C)cc2C(N)=O)ccc1BOC(C)(C)C(C)(C)O. The number of esters is 1. The molecule has 10 heteroatoms. The molecule has 35 heavy (non-hydrogen) atoms. The van der Waals surface area contributed by atoms with E-state index < -0.39 is 23.1 Å². The van der Waals surface area contributed by atoms with Crippen molar-refractivity contribution in [3.63, 3.8) is 0 Å². The van der Waals surface area contributed by atoms with Crippen molar-refractivity contribution in [2.75, 3.05) is 12.4 Å². The Hall–Kier alpha value is -2.85. The summed E-state index contributed by atoms with van der Waals surface area (Å²) in [4.78, 5) is 24.7. The summed E-state index contributed by atoms with van der Waals surface area (Å²) in [5, 5.41) is 18.2. The number of aliphatic hydroxyl groups is 1. The van der Waals surface area contributed by atoms with Crippen LogP contribution >= 0.6 is 0 Å². The highest BCUT2D eigenvalue weighted by molar-refractivity contribution is 6.49. The quantitative estimate of drug-likeness (QED) is 0.369. The number of hydrogen-bond donors (Lipinski definition) is 3. The van der Waals surface area contributed by atoms with Crippen molar-refractivity contribution < 1.29 is 24.1 Å². The minimum atomic E-state index is -1.08. The van der Waals surface area contributed by atoms with Gasteiger partial charge in [-0.1, -0.05) is 25.8 Å². The lowest BCUT2D eigenvalue weighted by atomic mass is 9.80. The van der Waals surface area contributed by atoms with Gasteiger partial charge in [-0.2, -0.15) is 5.10 Å². The molecule has 0 aliphatic heterocycles. The Balaban J connectivity index is 1.89. The van der Waals surface area contributed by atoms with Crippen LogP contribution in [0, 0.1) is 5.92 Å². The Kier molecular flexibility index (Phi) is 7.96. The fraction of sp³-hybridized carbons (Fsp3) is 0.560. The van der Waals surface area contributed by atoms with Crippen LogP contribution in [0.4, 0.5) is 11.5 Å². The monoisotopic (exact) mass is 484 g/mol. The van der Waals surface area contributed by atoms with Gasteiger partial charge in [-0.3, -0.25) is 9.48 Å². The van der Waals surface area contributed by atoms with Crippen molar-refractivity contribution in [1.82, 2.24) is 9.78 Å². The molecule has 190 valence electrons. The molecule has 2 aromatic rings. The van der Waals surface area contributed by atoms with Crippen molar-refractivity contribution in [3.05, 3.63) is 35.5 Å². The summed E-state index contributed by atoms with van der Waals surface area (Å²) in [7, 11) is 1.41. The molecule has 0 bridgehead atoms. The molecular weight excluding hydrogens is 447 g/mol. The zero-order chi connectivity index (χ0) is 26.0. The number of amides is 1. The number of rotatable bonds is 9. The van der Waals surface area contributed by atoms with Gasteiger partial charge in [0.25, 0.3) is 5.91 Å². The first-order valence-electron chi connectivity index (χ1n) is 12.1. The minimum absolute atomic E-state index is 0.0996. The van der Waals surface area contributed by atoms with E-state index in [1.807, 2.05) is 4.68 Å². The van der Waals surface area contributed by atoms with Crippen molar-refractivity contribution in [2.45, 2.75) is 77.5 Å². The van der Waals surface area contributed by atoms with E-state index in [1.54, 1.807) is 52.1 Å². The standard InChI is InChI=1S/C25H37BN4O5/c1-15-9-7-8-10-20(15)30-14-18(21(27)31)22(29-30)28-16-11-12-19(17(13-16)23(32)34-6)26-35-25(4,5)24(2,3)33/h11-15,20,26,33H,7-10H2,1-6H3,(H2,27,31)(H,28,29)/t15-,20?/m0/s1. The van der Waals surface area contributed by atoms with E-state index in [0.717, 1.165) is 19.3 Å². The molecule has 1 aliphatic carbocycles. The van der Waals surface area contributed by atoms with Crippen molar-refractivity contribution in [1.29, 1.82) is 0 Å². The number of carbonyl (C=O) groups excluding carboxylic acids is 2. The van der Waals surface area contributed by atoms with E-state index in [4.69, 9.17) is 15.1 Å². The van der Waals surface area contributed by atoms with E-state index in [1.165, 1.54) is 13.5 Å². The number of nitrogens with two attached hydrogens (primary N) is 1. The van der Waals surface area contributed by atoms with Gasteiger partial charge < -0.3 is 25.5 Å². The van der Waals surface area contributed by atoms with E-state index in [9.17, 15) is 14.7 Å². The number of carbonyl (C=O) groups is 2. The number of primary amides is 1. The van der Waals surface area contributed by atoms with Gasteiger partial charge in [0.15, 0.2) is 5.82 Å². The van der Waals surface area contributed by atoms with Gasteiger partial charge in [-0.15, -0.1) is 0 Å². The molecule has 4 N–H and O–H groups in total. The predicted octanol–water partition coefficient (Wildman–Crippen LogP) is 2.81. The van der Waals surface area contributed by atoms with Gasteiger partial charge >= 0.3 is 13.5 Å². The molecular formula is C25H37BN4O5. The Labute approximate surface area is 207 Å². The predicted molar refractivity (Wildman–Crippen MR) is 137 cm³/mol. The van der Waals surface area contributed by atoms with Gasteiger partial charge in [-0.05, 0) is 64.1 Å². The molecule has 1 aliphatic rings. The van der Waals surface area contributed by atoms with Gasteiger partial charge in [-0.25, -0.2) is 4.79 Å². The number of ether oxygens (including phenoxy) is 1. The fourth-order valence-corrected chi connectivity index (χ4v) is 4.18. The number of aromatic nitrogens is 2. The summed E-state index contributed by atoms with van der Waals surface area (Å²) < 4.78 is 12.8. The third-order valence-corrected chi connectivity index (χ3v) is 7.24. The number of nitrogens with one attached hydrogen (secondary N) is 1. The van der Waals surface area contributed by atoms with Crippen LogP contribution in [0.3, 0.4) is 0 Å². The summed E-state index contributed by atoms with van der Waals surface area (Å²) >= 11 is 0. The number of methoxy groups -OCH3 is 1. The Bertz CT molecular complexity index is 1080. The van der Waals surface area contributed by atoms with E-state index in [2.05, 4.69) is 17.3 Å². The highest BCUT2D eigenvalue weighted by Gasteiger charge is 2.36. The van der Waals surface area contributed by atoms with Crippen LogP contribution in [0.15, 0.2) is 24.4 Å². The summed E-state index contributed by atoms with van der Waals surface area (Å²) in [6.07, 6.45) is 6.16. The van der Waals surface area contributed by atoms with Crippen LogP contribution in [0.1, 0.15) is 87.1 Å². The van der Waals surface area contributed by atoms with Gasteiger partial charge in [0.05, 0.1) is 29.9 Å². The number of benzene rings is 1. The molecule has 1 heterocycles. The molecule has 1 unspecified atom stereocenters. The molecule has 0 radical (unpaired) electrons. The first-order valence-corrected chi connectivity index (χ1v) is 12.1. The van der Waals surface area contributed by atoms with Gasteiger partial charge in [0.2, 0.25) is 0 Å². The maximum Gasteiger partial charge on any atom is 0.337 e. The summed E-state index contributed by atoms with van der Waals surface area (Å²) in [5.74, 6) is -0.298. The first kappa shape index (κ1) is 26.8. The van der Waals surface area contributed by atoms with Crippen LogP contribution in [0.5, 0.6) is 0 Å². The zero-order valence-electron chi connectivity index (χ0n) is 21.6. The molecule has 1 aromatic heterocycles. The number of nitrogens with zero attached hydrogens (tertiary/aromatic N) is 2. The van der Waals surface area contributed by atoms with Crippen molar-refractivity contribution in [2.24, 2.45) is 11.7 Å². The second-order valence-electron chi connectivity index (χ2n) is 10.4. The highest BCUT2D eigenvalue weighted by atomic mass is 16.5. The smallest absolute Gasteiger partial charge is 0.337 e. The third-order valence-electron chi connectivity index (χ3n) is 7.24. The molecule has 0 saturated heterocycles.